The summed E-state index contributed by atoms with van der Waals surface area (Å²) in [4.78, 5) is 8.23. The van der Waals surface area contributed by atoms with Crippen molar-refractivity contribution in [1.82, 2.24) is 20.3 Å². The molecule has 146 valence electrons. The number of aromatic nitrogens is 4. The number of unbranched alkanes of at least 4 members (excludes halogenated alkanes) is 9. The SMILES string of the molecule is COc1nc(CCCCCCCCCCCCc2noc(OC)n2)no1. The second-order valence-corrected chi connectivity index (χ2v) is 6.40. The summed E-state index contributed by atoms with van der Waals surface area (Å²) in [6.07, 6.45) is 14.6. The zero-order chi connectivity index (χ0) is 18.5. The fourth-order valence-corrected chi connectivity index (χ4v) is 2.83. The standard InChI is InChI=1S/C18H30N4O4/c1-23-17-19-15(21-25-17)13-11-9-7-5-3-4-6-8-10-12-14-16-20-18(24-2)26-22-16/h3-14H2,1-2H3. The summed E-state index contributed by atoms with van der Waals surface area (Å²) in [6.45, 7) is 0. The van der Waals surface area contributed by atoms with Crippen LogP contribution in [-0.2, 0) is 12.8 Å². The second kappa shape index (κ2) is 12.3. The lowest BCUT2D eigenvalue weighted by Gasteiger charge is -2.02. The first-order chi connectivity index (χ1) is 12.8. The third-order valence-corrected chi connectivity index (χ3v) is 4.30. The molecule has 0 radical (unpaired) electrons. The molecule has 0 spiro atoms. The number of ether oxygens (including phenoxy) is 2. The van der Waals surface area contributed by atoms with E-state index in [4.69, 9.17) is 18.5 Å². The van der Waals surface area contributed by atoms with Crippen molar-refractivity contribution in [2.75, 3.05) is 14.2 Å². The van der Waals surface area contributed by atoms with Crippen LogP contribution in [0.1, 0.15) is 75.9 Å². The van der Waals surface area contributed by atoms with Gasteiger partial charge in [-0.15, -0.1) is 0 Å². The molecule has 26 heavy (non-hydrogen) atoms. The zero-order valence-corrected chi connectivity index (χ0v) is 15.9. The number of hydrogen-bond acceptors (Lipinski definition) is 8. The van der Waals surface area contributed by atoms with Crippen LogP contribution >= 0.6 is 0 Å². The Bertz CT molecular complexity index is 547. The second-order valence-electron chi connectivity index (χ2n) is 6.40. The van der Waals surface area contributed by atoms with Gasteiger partial charge < -0.3 is 9.47 Å². The molecule has 2 rings (SSSR count). The molecule has 0 N–H and O–H groups in total. The molecule has 8 nitrogen and oxygen atoms in total. The van der Waals surface area contributed by atoms with Crippen molar-refractivity contribution in [2.24, 2.45) is 0 Å². The maximum Gasteiger partial charge on any atom is 0.417 e. The average Bonchev–Trinajstić information content (AvgIpc) is 3.31. The van der Waals surface area contributed by atoms with Gasteiger partial charge in [0.2, 0.25) is 0 Å². The molecule has 2 aromatic rings. The normalized spacial score (nSPS) is 11.0. The largest absolute Gasteiger partial charge is 0.452 e. The number of rotatable bonds is 15. The topological polar surface area (TPSA) is 96.3 Å². The Kier molecular flexibility index (Phi) is 9.53. The van der Waals surface area contributed by atoms with Crippen molar-refractivity contribution in [3.63, 3.8) is 0 Å². The number of nitrogens with zero attached hydrogens (tertiary/aromatic N) is 4. The van der Waals surface area contributed by atoms with Crippen molar-refractivity contribution in [1.29, 1.82) is 0 Å². The van der Waals surface area contributed by atoms with Crippen LogP contribution < -0.4 is 9.47 Å². The van der Waals surface area contributed by atoms with Crippen molar-refractivity contribution in [3.05, 3.63) is 11.6 Å². The van der Waals surface area contributed by atoms with Crippen LogP contribution in [-0.4, -0.2) is 34.5 Å². The molecule has 2 aromatic heterocycles. The van der Waals surface area contributed by atoms with Gasteiger partial charge in [-0.3, -0.25) is 9.05 Å². The summed E-state index contributed by atoms with van der Waals surface area (Å²) >= 11 is 0. The third-order valence-electron chi connectivity index (χ3n) is 4.30. The lowest BCUT2D eigenvalue weighted by Crippen LogP contribution is -1.90. The van der Waals surface area contributed by atoms with Gasteiger partial charge in [0, 0.05) is 12.8 Å². The number of hydrogen-bond donors (Lipinski definition) is 0. The quantitative estimate of drug-likeness (QED) is 0.434. The van der Waals surface area contributed by atoms with Crippen molar-refractivity contribution >= 4 is 0 Å². The molecule has 0 aromatic carbocycles. The Balaban J connectivity index is 1.33. The fourth-order valence-electron chi connectivity index (χ4n) is 2.83. The highest BCUT2D eigenvalue weighted by molar-refractivity contribution is 4.90. The van der Waals surface area contributed by atoms with Gasteiger partial charge in [0.15, 0.2) is 11.6 Å². The van der Waals surface area contributed by atoms with Gasteiger partial charge in [-0.2, -0.15) is 9.97 Å². The number of methoxy groups -OCH3 is 2. The Hall–Kier alpha value is -2.12. The summed E-state index contributed by atoms with van der Waals surface area (Å²) in [7, 11) is 3.06. The first-order valence-corrected chi connectivity index (χ1v) is 9.55. The van der Waals surface area contributed by atoms with Crippen LogP contribution in [0.4, 0.5) is 0 Å². The van der Waals surface area contributed by atoms with Crippen LogP contribution in [0, 0.1) is 0 Å². The fraction of sp³-hybridized carbons (Fsp3) is 0.778. The summed E-state index contributed by atoms with van der Waals surface area (Å²) in [6, 6.07) is 0. The van der Waals surface area contributed by atoms with Crippen molar-refractivity contribution in [2.45, 2.75) is 77.0 Å². The van der Waals surface area contributed by atoms with Gasteiger partial charge in [0.1, 0.15) is 0 Å². The smallest absolute Gasteiger partial charge is 0.417 e. The van der Waals surface area contributed by atoms with E-state index < -0.39 is 0 Å². The van der Waals surface area contributed by atoms with Gasteiger partial charge >= 0.3 is 12.2 Å². The van der Waals surface area contributed by atoms with E-state index >= 15 is 0 Å². The molecular formula is C18H30N4O4. The predicted octanol–water partition coefficient (Wildman–Crippen LogP) is 4.16. The van der Waals surface area contributed by atoms with Crippen molar-refractivity contribution < 1.29 is 18.5 Å². The molecule has 0 atom stereocenters. The van der Waals surface area contributed by atoms with E-state index in [1.165, 1.54) is 65.6 Å². The van der Waals surface area contributed by atoms with Crippen LogP contribution in [0.2, 0.25) is 0 Å². The Morgan fingerprint density at radius 1 is 0.577 bits per heavy atom. The van der Waals surface area contributed by atoms with E-state index in [1.807, 2.05) is 0 Å². The highest BCUT2D eigenvalue weighted by Gasteiger charge is 2.06. The minimum Gasteiger partial charge on any atom is -0.452 e. The van der Waals surface area contributed by atoms with Gasteiger partial charge in [-0.05, 0) is 12.8 Å². The monoisotopic (exact) mass is 366 g/mol. The summed E-state index contributed by atoms with van der Waals surface area (Å²) in [5.41, 5.74) is 0. The first kappa shape index (κ1) is 20.2. The van der Waals surface area contributed by atoms with Crippen LogP contribution in [0.3, 0.4) is 0 Å². The minimum absolute atomic E-state index is 0.247. The van der Waals surface area contributed by atoms with E-state index in [1.54, 1.807) is 0 Å². The molecule has 0 unspecified atom stereocenters. The van der Waals surface area contributed by atoms with Gasteiger partial charge in [-0.1, -0.05) is 61.7 Å². The molecule has 0 fully saturated rings. The molecule has 2 heterocycles. The van der Waals surface area contributed by atoms with E-state index in [9.17, 15) is 0 Å². The van der Waals surface area contributed by atoms with Crippen LogP contribution in [0.5, 0.6) is 12.2 Å². The van der Waals surface area contributed by atoms with Gasteiger partial charge in [-0.25, -0.2) is 0 Å². The molecule has 0 saturated carbocycles. The molecule has 0 aliphatic heterocycles. The average molecular weight is 366 g/mol. The highest BCUT2D eigenvalue weighted by atomic mass is 16.6. The van der Waals surface area contributed by atoms with Crippen molar-refractivity contribution in [3.8, 4) is 12.2 Å². The van der Waals surface area contributed by atoms with E-state index in [-0.39, 0.29) is 12.2 Å². The molecule has 0 aliphatic carbocycles. The molecular weight excluding hydrogens is 336 g/mol. The minimum atomic E-state index is 0.247. The Morgan fingerprint density at radius 3 is 1.23 bits per heavy atom. The molecule has 0 amide bonds. The lowest BCUT2D eigenvalue weighted by molar-refractivity contribution is 0.249. The summed E-state index contributed by atoms with van der Waals surface area (Å²) < 4.78 is 19.5. The predicted molar refractivity (Wildman–Crippen MR) is 95.3 cm³/mol. The van der Waals surface area contributed by atoms with E-state index in [2.05, 4.69) is 20.3 Å². The van der Waals surface area contributed by atoms with Crippen LogP contribution in [0.25, 0.3) is 0 Å². The Morgan fingerprint density at radius 2 is 0.923 bits per heavy atom. The van der Waals surface area contributed by atoms with Gasteiger partial charge in [0.05, 0.1) is 14.2 Å². The number of aryl methyl sites for hydroxylation is 2. The van der Waals surface area contributed by atoms with Crippen LogP contribution in [0.15, 0.2) is 9.05 Å². The third kappa shape index (κ3) is 7.84. The maximum absolute atomic E-state index is 4.90. The first-order valence-electron chi connectivity index (χ1n) is 9.55. The van der Waals surface area contributed by atoms with E-state index in [0.29, 0.717) is 0 Å². The van der Waals surface area contributed by atoms with E-state index in [0.717, 1.165) is 37.3 Å². The van der Waals surface area contributed by atoms with Gasteiger partial charge in [0.25, 0.3) is 0 Å². The zero-order valence-electron chi connectivity index (χ0n) is 15.9. The molecule has 0 saturated heterocycles. The molecule has 0 aliphatic rings. The highest BCUT2D eigenvalue weighted by Crippen LogP contribution is 2.14. The maximum atomic E-state index is 4.90. The molecule has 8 heteroatoms. The molecule has 0 bridgehead atoms. The summed E-state index contributed by atoms with van der Waals surface area (Å²) in [5, 5.41) is 7.73. The summed E-state index contributed by atoms with van der Waals surface area (Å²) in [5.74, 6) is 1.47. The lowest BCUT2D eigenvalue weighted by atomic mass is 10.1. The Labute approximate surface area is 154 Å².